The van der Waals surface area contributed by atoms with E-state index in [-0.39, 0.29) is 22.8 Å². The number of anilines is 2. The number of nitrogens with zero attached hydrogens (tertiary/aromatic N) is 3. The van der Waals surface area contributed by atoms with Crippen LogP contribution in [0.15, 0.2) is 24.4 Å². The van der Waals surface area contributed by atoms with Gasteiger partial charge >= 0.3 is 0 Å². The van der Waals surface area contributed by atoms with Gasteiger partial charge in [0.2, 0.25) is 5.91 Å². The molecule has 188 valence electrons. The number of piperazine rings is 1. The van der Waals surface area contributed by atoms with Crippen LogP contribution in [0.2, 0.25) is 5.02 Å². The molecule has 3 saturated heterocycles. The number of pyridine rings is 1. The first-order valence-corrected chi connectivity index (χ1v) is 13.0. The summed E-state index contributed by atoms with van der Waals surface area (Å²) in [5.41, 5.74) is 0.693. The van der Waals surface area contributed by atoms with E-state index in [4.69, 9.17) is 21.1 Å². The Kier molecular flexibility index (Phi) is 5.92. The van der Waals surface area contributed by atoms with Crippen molar-refractivity contribution in [3.05, 3.63) is 29.4 Å². The molecule has 35 heavy (non-hydrogen) atoms. The van der Waals surface area contributed by atoms with Crippen LogP contribution in [0.1, 0.15) is 26.2 Å². The van der Waals surface area contributed by atoms with Gasteiger partial charge in [0.15, 0.2) is 0 Å². The van der Waals surface area contributed by atoms with E-state index in [0.29, 0.717) is 30.7 Å². The highest BCUT2D eigenvalue weighted by atomic mass is 35.5. The fraction of sp³-hybridized carbons (Fsp3) is 0.615. The highest BCUT2D eigenvalue weighted by Gasteiger charge is 2.58. The number of carbonyl (C=O) groups excluding carboxylic acids is 1. The molecule has 1 aromatic heterocycles. The Hall–Kier alpha value is -1.97. The minimum atomic E-state index is -0.462. The molecule has 1 spiro atoms. The summed E-state index contributed by atoms with van der Waals surface area (Å²) in [5, 5.41) is 16.1. The summed E-state index contributed by atoms with van der Waals surface area (Å²) < 4.78 is 11.2. The normalized spacial score (nSPS) is 33.4. The molecule has 1 aromatic carbocycles. The summed E-state index contributed by atoms with van der Waals surface area (Å²) in [4.78, 5) is 22.0. The zero-order chi connectivity index (χ0) is 24.2. The Bertz CT molecular complexity index is 1130. The molecule has 6 rings (SSSR count). The summed E-state index contributed by atoms with van der Waals surface area (Å²) in [6.45, 7) is 7.82. The number of hydrogen-bond donors (Lipinski definition) is 2. The van der Waals surface area contributed by atoms with Crippen LogP contribution in [-0.2, 0) is 14.3 Å². The Morgan fingerprint density at radius 2 is 2.00 bits per heavy atom. The number of fused-ring (bicyclic) bond motifs is 1. The second-order valence-electron chi connectivity index (χ2n) is 10.8. The van der Waals surface area contributed by atoms with Crippen LogP contribution < -0.4 is 10.2 Å². The number of aliphatic hydroxyl groups is 1. The lowest BCUT2D eigenvalue weighted by atomic mass is 9.95. The van der Waals surface area contributed by atoms with Crippen molar-refractivity contribution in [1.82, 2.24) is 9.88 Å². The molecule has 0 bridgehead atoms. The predicted octanol–water partition coefficient (Wildman–Crippen LogP) is 2.92. The molecule has 1 aliphatic carbocycles. The van der Waals surface area contributed by atoms with E-state index >= 15 is 0 Å². The van der Waals surface area contributed by atoms with E-state index in [1.165, 1.54) is 0 Å². The van der Waals surface area contributed by atoms with E-state index < -0.39 is 6.10 Å². The zero-order valence-corrected chi connectivity index (χ0v) is 20.9. The van der Waals surface area contributed by atoms with E-state index in [1.807, 2.05) is 12.1 Å². The molecule has 4 fully saturated rings. The molecule has 4 aliphatic rings. The predicted molar refractivity (Wildman–Crippen MR) is 135 cm³/mol. The van der Waals surface area contributed by atoms with Gasteiger partial charge in [-0.05, 0) is 49.8 Å². The lowest BCUT2D eigenvalue weighted by molar-refractivity contribution is -0.119. The first-order valence-electron chi connectivity index (χ1n) is 12.6. The maximum Gasteiger partial charge on any atom is 0.229 e. The SMILES string of the molecule is C[C@]1(N2CCN(c3cc4cc(NC(=O)C5CC56CCCOC6)ncc4cc3Cl)CC2)COC[C@H]1O. The second-order valence-corrected chi connectivity index (χ2v) is 11.3. The molecule has 4 heterocycles. The van der Waals surface area contributed by atoms with E-state index in [9.17, 15) is 9.90 Å². The number of halogens is 1. The van der Waals surface area contributed by atoms with Gasteiger partial charge < -0.3 is 24.8 Å². The van der Waals surface area contributed by atoms with Crippen LogP contribution in [0.3, 0.4) is 0 Å². The van der Waals surface area contributed by atoms with Gasteiger partial charge in [-0.25, -0.2) is 4.98 Å². The van der Waals surface area contributed by atoms with E-state index in [1.54, 1.807) is 6.20 Å². The average molecular weight is 501 g/mol. The maximum atomic E-state index is 12.9. The molecule has 9 heteroatoms. The molecule has 0 radical (unpaired) electrons. The minimum Gasteiger partial charge on any atom is -0.389 e. The Morgan fingerprint density at radius 3 is 2.71 bits per heavy atom. The largest absolute Gasteiger partial charge is 0.389 e. The molecule has 4 atom stereocenters. The van der Waals surface area contributed by atoms with Crippen molar-refractivity contribution in [3.8, 4) is 0 Å². The maximum absolute atomic E-state index is 12.9. The highest BCUT2D eigenvalue weighted by molar-refractivity contribution is 6.34. The molecule has 8 nitrogen and oxygen atoms in total. The average Bonchev–Trinajstić information content (AvgIpc) is 3.44. The van der Waals surface area contributed by atoms with Gasteiger partial charge in [-0.1, -0.05) is 11.6 Å². The summed E-state index contributed by atoms with van der Waals surface area (Å²) in [6, 6.07) is 5.97. The number of benzene rings is 1. The second kappa shape index (κ2) is 8.85. The molecule has 3 aliphatic heterocycles. The summed E-state index contributed by atoms with van der Waals surface area (Å²) in [5.74, 6) is 0.629. The van der Waals surface area contributed by atoms with Crippen LogP contribution in [0.5, 0.6) is 0 Å². The van der Waals surface area contributed by atoms with Crippen LogP contribution in [-0.4, -0.2) is 85.1 Å². The summed E-state index contributed by atoms with van der Waals surface area (Å²) in [7, 11) is 0. The third-order valence-corrected chi connectivity index (χ3v) is 8.93. The number of nitrogens with one attached hydrogen (secondary N) is 1. The first kappa shape index (κ1) is 23.4. The third kappa shape index (κ3) is 4.19. The molecule has 1 amide bonds. The number of aliphatic hydroxyl groups excluding tert-OH is 1. The van der Waals surface area contributed by atoms with Gasteiger partial charge in [0.05, 0.1) is 42.2 Å². The Labute approximate surface area is 210 Å². The van der Waals surface area contributed by atoms with Gasteiger partial charge in [0, 0.05) is 55.7 Å². The zero-order valence-electron chi connectivity index (χ0n) is 20.1. The van der Waals surface area contributed by atoms with Crippen molar-refractivity contribution in [2.24, 2.45) is 11.3 Å². The third-order valence-electron chi connectivity index (χ3n) is 8.63. The molecular formula is C26H33ClN4O4. The molecule has 2 aromatic rings. The van der Waals surface area contributed by atoms with Crippen molar-refractivity contribution in [2.75, 3.05) is 62.8 Å². The van der Waals surface area contributed by atoms with Crippen molar-refractivity contribution in [1.29, 1.82) is 0 Å². The van der Waals surface area contributed by atoms with Crippen molar-refractivity contribution in [2.45, 2.75) is 37.8 Å². The van der Waals surface area contributed by atoms with Gasteiger partial charge in [-0.3, -0.25) is 9.69 Å². The van der Waals surface area contributed by atoms with Crippen LogP contribution >= 0.6 is 11.6 Å². The fourth-order valence-corrected chi connectivity index (χ4v) is 6.41. The minimum absolute atomic E-state index is 0.0167. The highest BCUT2D eigenvalue weighted by Crippen LogP contribution is 2.57. The summed E-state index contributed by atoms with van der Waals surface area (Å²) in [6.07, 6.45) is 4.31. The quantitative estimate of drug-likeness (QED) is 0.667. The fourth-order valence-electron chi connectivity index (χ4n) is 6.12. The van der Waals surface area contributed by atoms with Gasteiger partial charge in [0.1, 0.15) is 5.82 Å². The van der Waals surface area contributed by atoms with Crippen LogP contribution in [0, 0.1) is 11.3 Å². The Balaban J connectivity index is 1.15. The smallest absolute Gasteiger partial charge is 0.229 e. The van der Waals surface area contributed by atoms with Gasteiger partial charge in [-0.2, -0.15) is 0 Å². The molecule has 1 saturated carbocycles. The van der Waals surface area contributed by atoms with Gasteiger partial charge in [-0.15, -0.1) is 0 Å². The number of carbonyl (C=O) groups is 1. The monoisotopic (exact) mass is 500 g/mol. The molecular weight excluding hydrogens is 468 g/mol. The lowest BCUT2D eigenvalue weighted by Crippen LogP contribution is -2.60. The number of amides is 1. The molecule has 2 N–H and O–H groups in total. The van der Waals surface area contributed by atoms with Crippen molar-refractivity contribution in [3.63, 3.8) is 0 Å². The summed E-state index contributed by atoms with van der Waals surface area (Å²) >= 11 is 6.68. The number of rotatable bonds is 4. The standard InChI is InChI=1S/C26H33ClN4O4/c1-25(15-35-14-22(25)32)31-6-4-30(5-7-31)21-10-17-11-23(28-13-18(17)9-20(21)27)29-24(33)19-12-26(19)3-2-8-34-16-26/h9-11,13,19,22,32H,2-8,12,14-16H2,1H3,(H,28,29,33)/t19?,22-,25+,26?/m1/s1. The van der Waals surface area contributed by atoms with Crippen molar-refractivity contribution >= 4 is 39.8 Å². The van der Waals surface area contributed by atoms with E-state index in [2.05, 4.69) is 33.1 Å². The first-order chi connectivity index (χ1) is 16.9. The molecule has 2 unspecified atom stereocenters. The van der Waals surface area contributed by atoms with Crippen molar-refractivity contribution < 1.29 is 19.4 Å². The van der Waals surface area contributed by atoms with Crippen LogP contribution in [0.25, 0.3) is 10.8 Å². The van der Waals surface area contributed by atoms with Crippen LogP contribution in [0.4, 0.5) is 11.5 Å². The van der Waals surface area contributed by atoms with E-state index in [0.717, 1.165) is 68.5 Å². The Morgan fingerprint density at radius 1 is 1.17 bits per heavy atom. The topological polar surface area (TPSA) is 87.2 Å². The lowest BCUT2D eigenvalue weighted by Gasteiger charge is -2.45. The van der Waals surface area contributed by atoms with Gasteiger partial charge in [0.25, 0.3) is 0 Å². The number of hydrogen-bond acceptors (Lipinski definition) is 7. The number of aromatic nitrogens is 1. The number of ether oxygens (including phenoxy) is 2.